The Balaban J connectivity index is 2.32. The van der Waals surface area contributed by atoms with E-state index in [9.17, 15) is 0 Å². The molecular formula is C11H21N. The second-order valence-corrected chi connectivity index (χ2v) is 4.48. The smallest absolute Gasteiger partial charge is 0.00474 e. The molecule has 0 radical (unpaired) electrons. The molecular weight excluding hydrogens is 146 g/mol. The van der Waals surface area contributed by atoms with Gasteiger partial charge in [0.1, 0.15) is 0 Å². The van der Waals surface area contributed by atoms with Gasteiger partial charge in [0.15, 0.2) is 0 Å². The topological polar surface area (TPSA) is 3.24 Å². The van der Waals surface area contributed by atoms with Crippen molar-refractivity contribution in [3.63, 3.8) is 0 Å². The van der Waals surface area contributed by atoms with Crippen molar-refractivity contribution in [3.8, 4) is 0 Å². The Bertz CT molecular complexity index is 166. The molecule has 1 aliphatic rings. The van der Waals surface area contributed by atoms with Gasteiger partial charge in [0.05, 0.1) is 0 Å². The predicted octanol–water partition coefficient (Wildman–Crippen LogP) is 2.68. The molecule has 12 heavy (non-hydrogen) atoms. The maximum absolute atomic E-state index is 3.96. The first-order valence-electron chi connectivity index (χ1n) is 4.91. The zero-order valence-corrected chi connectivity index (χ0v) is 8.69. The lowest BCUT2D eigenvalue weighted by Gasteiger charge is -2.48. The minimum Gasteiger partial charge on any atom is -0.305 e. The number of allylic oxidation sites excluding steroid dienone is 1. The minimum absolute atomic E-state index is 0.633. The lowest BCUT2D eigenvalue weighted by atomic mass is 9.73. The van der Waals surface area contributed by atoms with E-state index in [4.69, 9.17) is 0 Å². The van der Waals surface area contributed by atoms with Gasteiger partial charge in [0.25, 0.3) is 0 Å². The summed E-state index contributed by atoms with van der Waals surface area (Å²) in [6, 6.07) is 0. The molecule has 0 aliphatic carbocycles. The van der Waals surface area contributed by atoms with Gasteiger partial charge in [-0.2, -0.15) is 0 Å². The molecule has 0 bridgehead atoms. The quantitative estimate of drug-likeness (QED) is 0.582. The van der Waals surface area contributed by atoms with Gasteiger partial charge in [-0.25, -0.2) is 0 Å². The highest BCUT2D eigenvalue weighted by Crippen LogP contribution is 2.37. The van der Waals surface area contributed by atoms with Crippen molar-refractivity contribution >= 4 is 0 Å². The van der Waals surface area contributed by atoms with Gasteiger partial charge < -0.3 is 4.90 Å². The molecule has 0 aromatic carbocycles. The summed E-state index contributed by atoms with van der Waals surface area (Å²) in [5.74, 6) is 0. The number of hydrogen-bond acceptors (Lipinski definition) is 1. The normalized spacial score (nSPS) is 21.9. The van der Waals surface area contributed by atoms with Crippen molar-refractivity contribution in [3.05, 3.63) is 12.2 Å². The van der Waals surface area contributed by atoms with Crippen molar-refractivity contribution in [2.24, 2.45) is 5.41 Å². The molecule has 0 unspecified atom stereocenters. The first-order chi connectivity index (χ1) is 5.58. The van der Waals surface area contributed by atoms with Crippen LogP contribution in [0.3, 0.4) is 0 Å². The third kappa shape index (κ3) is 2.10. The van der Waals surface area contributed by atoms with E-state index in [0.717, 1.165) is 0 Å². The van der Waals surface area contributed by atoms with Crippen LogP contribution >= 0.6 is 0 Å². The highest BCUT2D eigenvalue weighted by Gasteiger charge is 2.38. The molecule has 0 atom stereocenters. The van der Waals surface area contributed by atoms with Crippen LogP contribution in [0.5, 0.6) is 0 Å². The second kappa shape index (κ2) is 3.61. The Morgan fingerprint density at radius 3 is 2.42 bits per heavy atom. The van der Waals surface area contributed by atoms with Gasteiger partial charge in [-0.3, -0.25) is 0 Å². The molecule has 1 aliphatic heterocycles. The zero-order chi connectivity index (χ0) is 9.19. The minimum atomic E-state index is 0.633. The summed E-state index contributed by atoms with van der Waals surface area (Å²) in [5, 5.41) is 0. The van der Waals surface area contributed by atoms with Gasteiger partial charge in [0, 0.05) is 13.1 Å². The standard InChI is InChI=1S/C11H21N/c1-5-11(7-6-10(2)3)8-12(4)9-11/h2,5-9H2,1,3-4H3. The van der Waals surface area contributed by atoms with Crippen LogP contribution in [0.2, 0.25) is 0 Å². The fraction of sp³-hybridized carbons (Fsp3) is 0.818. The van der Waals surface area contributed by atoms with Crippen molar-refractivity contribution < 1.29 is 0 Å². The molecule has 0 N–H and O–H groups in total. The summed E-state index contributed by atoms with van der Waals surface area (Å²) in [4.78, 5) is 2.40. The van der Waals surface area contributed by atoms with Gasteiger partial charge in [-0.05, 0) is 38.6 Å². The summed E-state index contributed by atoms with van der Waals surface area (Å²) in [7, 11) is 2.20. The van der Waals surface area contributed by atoms with E-state index in [-0.39, 0.29) is 0 Å². The van der Waals surface area contributed by atoms with E-state index in [1.54, 1.807) is 0 Å². The van der Waals surface area contributed by atoms with Crippen LogP contribution in [-0.2, 0) is 0 Å². The van der Waals surface area contributed by atoms with E-state index >= 15 is 0 Å². The second-order valence-electron chi connectivity index (χ2n) is 4.48. The average molecular weight is 167 g/mol. The largest absolute Gasteiger partial charge is 0.305 e. The van der Waals surface area contributed by atoms with E-state index in [2.05, 4.69) is 32.4 Å². The van der Waals surface area contributed by atoms with Crippen molar-refractivity contribution in [2.75, 3.05) is 20.1 Å². The van der Waals surface area contributed by atoms with E-state index in [0.29, 0.717) is 5.41 Å². The molecule has 1 saturated heterocycles. The fourth-order valence-electron chi connectivity index (χ4n) is 2.14. The molecule has 1 heterocycles. The first kappa shape index (κ1) is 9.79. The van der Waals surface area contributed by atoms with E-state index in [1.807, 2.05) is 0 Å². The molecule has 1 nitrogen and oxygen atoms in total. The summed E-state index contributed by atoms with van der Waals surface area (Å²) in [6.07, 6.45) is 3.87. The fourth-order valence-corrected chi connectivity index (χ4v) is 2.14. The summed E-state index contributed by atoms with van der Waals surface area (Å²) >= 11 is 0. The van der Waals surface area contributed by atoms with Crippen LogP contribution in [0.1, 0.15) is 33.1 Å². The van der Waals surface area contributed by atoms with Crippen molar-refractivity contribution in [1.29, 1.82) is 0 Å². The Kier molecular flexibility index (Phi) is 2.94. The van der Waals surface area contributed by atoms with Gasteiger partial charge in [-0.15, -0.1) is 6.58 Å². The Morgan fingerprint density at radius 1 is 1.50 bits per heavy atom. The number of likely N-dealkylation sites (tertiary alicyclic amines) is 1. The third-order valence-electron chi connectivity index (χ3n) is 3.04. The Morgan fingerprint density at radius 2 is 2.08 bits per heavy atom. The molecule has 1 rings (SSSR count). The van der Waals surface area contributed by atoms with Crippen LogP contribution in [0, 0.1) is 5.41 Å². The maximum atomic E-state index is 3.96. The molecule has 0 amide bonds. The van der Waals surface area contributed by atoms with Crippen LogP contribution < -0.4 is 0 Å². The van der Waals surface area contributed by atoms with Crippen molar-refractivity contribution in [2.45, 2.75) is 33.1 Å². The van der Waals surface area contributed by atoms with Crippen LogP contribution in [0.25, 0.3) is 0 Å². The van der Waals surface area contributed by atoms with Gasteiger partial charge >= 0.3 is 0 Å². The van der Waals surface area contributed by atoms with Crippen molar-refractivity contribution in [1.82, 2.24) is 4.90 Å². The highest BCUT2D eigenvalue weighted by atomic mass is 15.2. The van der Waals surface area contributed by atoms with E-state index < -0.39 is 0 Å². The molecule has 0 spiro atoms. The SMILES string of the molecule is C=C(C)CCC1(CC)CN(C)C1. The van der Waals surface area contributed by atoms with Crippen LogP contribution in [-0.4, -0.2) is 25.0 Å². The molecule has 70 valence electrons. The molecule has 0 saturated carbocycles. The lowest BCUT2D eigenvalue weighted by Crippen LogP contribution is -2.53. The zero-order valence-electron chi connectivity index (χ0n) is 8.69. The highest BCUT2D eigenvalue weighted by molar-refractivity contribution is 4.97. The number of nitrogens with zero attached hydrogens (tertiary/aromatic N) is 1. The maximum Gasteiger partial charge on any atom is 0.00474 e. The average Bonchev–Trinajstić information content (AvgIpc) is 1.95. The molecule has 1 heteroatoms. The molecule has 0 aromatic rings. The third-order valence-corrected chi connectivity index (χ3v) is 3.04. The Labute approximate surface area is 76.5 Å². The number of rotatable bonds is 4. The summed E-state index contributed by atoms with van der Waals surface area (Å²) in [5.41, 5.74) is 1.96. The molecule has 0 aromatic heterocycles. The first-order valence-corrected chi connectivity index (χ1v) is 4.91. The van der Waals surface area contributed by atoms with E-state index in [1.165, 1.54) is 37.9 Å². The predicted molar refractivity (Wildman–Crippen MR) is 54.3 cm³/mol. The number of hydrogen-bond donors (Lipinski definition) is 0. The monoisotopic (exact) mass is 167 g/mol. The summed E-state index contributed by atoms with van der Waals surface area (Å²) in [6.45, 7) is 11.0. The van der Waals surface area contributed by atoms with Crippen LogP contribution in [0.15, 0.2) is 12.2 Å². The van der Waals surface area contributed by atoms with Gasteiger partial charge in [0.2, 0.25) is 0 Å². The lowest BCUT2D eigenvalue weighted by molar-refractivity contribution is 0.0114. The van der Waals surface area contributed by atoms with Crippen LogP contribution in [0.4, 0.5) is 0 Å². The van der Waals surface area contributed by atoms with Gasteiger partial charge in [-0.1, -0.05) is 12.5 Å². The summed E-state index contributed by atoms with van der Waals surface area (Å²) < 4.78 is 0. The molecule has 1 fully saturated rings. The Hall–Kier alpha value is -0.300.